The normalized spacial score (nSPS) is 11.4. The number of methoxy groups -OCH3 is 1. The molecular formula is C13H18FN3O3. The molecule has 1 unspecified atom stereocenters. The number of halogens is 1. The highest BCUT2D eigenvalue weighted by Crippen LogP contribution is 2.20. The number of ether oxygens (including phenoxy) is 1. The molecule has 110 valence electrons. The molecule has 1 aromatic carbocycles. The summed E-state index contributed by atoms with van der Waals surface area (Å²) in [4.78, 5) is 22.9. The molecule has 0 saturated heterocycles. The van der Waals surface area contributed by atoms with Gasteiger partial charge in [0.25, 0.3) is 0 Å². The number of carbonyl (C=O) groups is 2. The topological polar surface area (TPSA) is 79.5 Å². The van der Waals surface area contributed by atoms with Crippen molar-refractivity contribution in [1.29, 1.82) is 0 Å². The number of urea groups is 1. The first-order valence-corrected chi connectivity index (χ1v) is 6.16. The average molecular weight is 283 g/mol. The number of rotatable bonds is 5. The zero-order chi connectivity index (χ0) is 15.1. The summed E-state index contributed by atoms with van der Waals surface area (Å²) in [7, 11) is 1.37. The van der Waals surface area contributed by atoms with E-state index in [0.29, 0.717) is 12.2 Å². The van der Waals surface area contributed by atoms with Crippen molar-refractivity contribution in [3.05, 3.63) is 24.0 Å². The summed E-state index contributed by atoms with van der Waals surface area (Å²) in [6.07, 6.45) is 0. The van der Waals surface area contributed by atoms with Gasteiger partial charge in [0.1, 0.15) is 6.04 Å². The molecule has 0 saturated carbocycles. The van der Waals surface area contributed by atoms with Gasteiger partial charge in [-0.1, -0.05) is 0 Å². The van der Waals surface area contributed by atoms with E-state index < -0.39 is 23.8 Å². The van der Waals surface area contributed by atoms with Crippen molar-refractivity contribution in [3.63, 3.8) is 0 Å². The van der Waals surface area contributed by atoms with E-state index >= 15 is 0 Å². The molecule has 0 bridgehead atoms. The zero-order valence-electron chi connectivity index (χ0n) is 11.6. The Morgan fingerprint density at radius 1 is 1.40 bits per heavy atom. The van der Waals surface area contributed by atoms with Crippen molar-refractivity contribution in [2.24, 2.45) is 0 Å². The van der Waals surface area contributed by atoms with Crippen LogP contribution in [-0.2, 0) is 4.79 Å². The maximum Gasteiger partial charge on any atom is 0.321 e. The van der Waals surface area contributed by atoms with Crippen LogP contribution < -0.4 is 20.7 Å². The van der Waals surface area contributed by atoms with Gasteiger partial charge >= 0.3 is 6.03 Å². The van der Waals surface area contributed by atoms with Crippen LogP contribution in [0.5, 0.6) is 5.75 Å². The fourth-order valence-corrected chi connectivity index (χ4v) is 1.50. The number of carbonyl (C=O) groups excluding carboxylic acids is 2. The van der Waals surface area contributed by atoms with Crippen molar-refractivity contribution in [2.75, 3.05) is 19.0 Å². The molecular weight excluding hydrogens is 265 g/mol. The Labute approximate surface area is 116 Å². The third-order valence-corrected chi connectivity index (χ3v) is 2.50. The molecule has 1 rings (SSSR count). The third kappa shape index (κ3) is 4.42. The highest BCUT2D eigenvalue weighted by atomic mass is 19.1. The van der Waals surface area contributed by atoms with Gasteiger partial charge in [-0.05, 0) is 26.0 Å². The third-order valence-electron chi connectivity index (χ3n) is 2.50. The van der Waals surface area contributed by atoms with Crippen LogP contribution >= 0.6 is 0 Å². The first-order chi connectivity index (χ1) is 9.47. The predicted octanol–water partition coefficient (Wildman–Crippen LogP) is 1.48. The number of hydrogen-bond acceptors (Lipinski definition) is 4. The van der Waals surface area contributed by atoms with Crippen LogP contribution in [0.25, 0.3) is 0 Å². The minimum absolute atomic E-state index is 0.120. The van der Waals surface area contributed by atoms with Gasteiger partial charge in [0.2, 0.25) is 5.91 Å². The van der Waals surface area contributed by atoms with Gasteiger partial charge in [-0.3, -0.25) is 10.1 Å². The van der Waals surface area contributed by atoms with Crippen molar-refractivity contribution in [1.82, 2.24) is 10.6 Å². The van der Waals surface area contributed by atoms with E-state index in [9.17, 15) is 14.0 Å². The van der Waals surface area contributed by atoms with E-state index in [1.807, 2.05) is 0 Å². The zero-order valence-corrected chi connectivity index (χ0v) is 11.6. The summed E-state index contributed by atoms with van der Waals surface area (Å²) in [5.74, 6) is -0.920. The molecule has 0 aliphatic heterocycles. The van der Waals surface area contributed by atoms with Crippen LogP contribution in [0, 0.1) is 5.82 Å². The maximum absolute atomic E-state index is 13.5. The first kappa shape index (κ1) is 15.7. The quantitative estimate of drug-likeness (QED) is 0.764. The van der Waals surface area contributed by atoms with Crippen LogP contribution in [-0.4, -0.2) is 31.6 Å². The smallest absolute Gasteiger partial charge is 0.321 e. The number of nitrogens with one attached hydrogen (secondary N) is 3. The standard InChI is InChI=1S/C13H18FN3O3/c1-4-15-13(19)17-12(18)8(2)16-9-5-6-11(20-3)10(14)7-9/h5-8,16H,4H2,1-3H3,(H2,15,17,18,19). The monoisotopic (exact) mass is 283 g/mol. The Hall–Kier alpha value is -2.31. The SMILES string of the molecule is CCNC(=O)NC(=O)C(C)Nc1ccc(OC)c(F)c1. The molecule has 0 aliphatic carbocycles. The van der Waals surface area contributed by atoms with Crippen LogP contribution in [0.3, 0.4) is 0 Å². The summed E-state index contributed by atoms with van der Waals surface area (Å²) in [6, 6.07) is 3.00. The van der Waals surface area contributed by atoms with Crippen LogP contribution in [0.1, 0.15) is 13.8 Å². The Kier molecular flexibility index (Phi) is 5.76. The highest BCUT2D eigenvalue weighted by Gasteiger charge is 2.15. The number of anilines is 1. The number of hydrogen-bond donors (Lipinski definition) is 3. The lowest BCUT2D eigenvalue weighted by Crippen LogP contribution is -2.45. The van der Waals surface area contributed by atoms with Gasteiger partial charge < -0.3 is 15.4 Å². The summed E-state index contributed by atoms with van der Waals surface area (Å²) >= 11 is 0. The molecule has 0 aliphatic rings. The number of imide groups is 1. The minimum atomic E-state index is -0.689. The van der Waals surface area contributed by atoms with E-state index in [0.717, 1.165) is 0 Å². The van der Waals surface area contributed by atoms with E-state index in [1.54, 1.807) is 19.9 Å². The summed E-state index contributed by atoms with van der Waals surface area (Å²) in [5, 5.41) is 7.41. The minimum Gasteiger partial charge on any atom is -0.494 e. The average Bonchev–Trinajstić information content (AvgIpc) is 2.39. The van der Waals surface area contributed by atoms with E-state index in [1.165, 1.54) is 19.2 Å². The second-order valence-electron chi connectivity index (χ2n) is 4.06. The van der Waals surface area contributed by atoms with E-state index in [4.69, 9.17) is 4.74 Å². The Morgan fingerprint density at radius 3 is 2.65 bits per heavy atom. The largest absolute Gasteiger partial charge is 0.494 e. The van der Waals surface area contributed by atoms with Crippen LogP contribution in [0.4, 0.5) is 14.9 Å². The fraction of sp³-hybridized carbons (Fsp3) is 0.385. The van der Waals surface area contributed by atoms with Crippen molar-refractivity contribution >= 4 is 17.6 Å². The Balaban J connectivity index is 2.61. The number of amides is 3. The fourth-order valence-electron chi connectivity index (χ4n) is 1.50. The molecule has 20 heavy (non-hydrogen) atoms. The number of benzene rings is 1. The molecule has 1 aromatic rings. The van der Waals surface area contributed by atoms with Crippen LogP contribution in [0.2, 0.25) is 0 Å². The van der Waals surface area contributed by atoms with Gasteiger partial charge in [0, 0.05) is 18.3 Å². The molecule has 6 nitrogen and oxygen atoms in total. The molecule has 0 fully saturated rings. The predicted molar refractivity (Wildman–Crippen MR) is 73.3 cm³/mol. The van der Waals surface area contributed by atoms with Gasteiger partial charge in [-0.15, -0.1) is 0 Å². The second kappa shape index (κ2) is 7.32. The van der Waals surface area contributed by atoms with Gasteiger partial charge in [0.15, 0.2) is 11.6 Å². The Bertz CT molecular complexity index is 494. The molecule has 0 radical (unpaired) electrons. The lowest BCUT2D eigenvalue weighted by atomic mass is 10.2. The molecule has 3 amide bonds. The molecule has 1 atom stereocenters. The summed E-state index contributed by atoms with van der Waals surface area (Å²) in [6.45, 7) is 3.73. The van der Waals surface area contributed by atoms with Crippen LogP contribution in [0.15, 0.2) is 18.2 Å². The van der Waals surface area contributed by atoms with Crippen molar-refractivity contribution in [2.45, 2.75) is 19.9 Å². The van der Waals surface area contributed by atoms with Gasteiger partial charge in [0.05, 0.1) is 7.11 Å². The summed E-state index contributed by atoms with van der Waals surface area (Å²) in [5.41, 5.74) is 0.418. The summed E-state index contributed by atoms with van der Waals surface area (Å²) < 4.78 is 18.3. The molecule has 7 heteroatoms. The highest BCUT2D eigenvalue weighted by molar-refractivity contribution is 5.97. The van der Waals surface area contributed by atoms with E-state index in [2.05, 4.69) is 16.0 Å². The maximum atomic E-state index is 13.5. The second-order valence-corrected chi connectivity index (χ2v) is 4.06. The van der Waals surface area contributed by atoms with Crippen molar-refractivity contribution in [3.8, 4) is 5.75 Å². The van der Waals surface area contributed by atoms with Crippen molar-refractivity contribution < 1.29 is 18.7 Å². The molecule has 3 N–H and O–H groups in total. The molecule has 0 heterocycles. The Morgan fingerprint density at radius 2 is 2.10 bits per heavy atom. The lowest BCUT2D eigenvalue weighted by molar-refractivity contribution is -0.120. The molecule has 0 spiro atoms. The van der Waals surface area contributed by atoms with Gasteiger partial charge in [-0.25, -0.2) is 9.18 Å². The van der Waals surface area contributed by atoms with Gasteiger partial charge in [-0.2, -0.15) is 0 Å². The first-order valence-electron chi connectivity index (χ1n) is 6.16. The lowest BCUT2D eigenvalue weighted by Gasteiger charge is -2.15. The molecule has 0 aromatic heterocycles. The van der Waals surface area contributed by atoms with E-state index in [-0.39, 0.29) is 5.75 Å².